The van der Waals surface area contributed by atoms with Gasteiger partial charge in [0.05, 0.1) is 32.3 Å². The Hall–Kier alpha value is -4.39. The molecule has 1 unspecified atom stereocenters. The number of aryl methyl sites for hydroxylation is 3. The molecule has 3 N–H and O–H groups in total. The molecule has 11 nitrogen and oxygen atoms in total. The highest BCUT2D eigenvalue weighted by Gasteiger charge is 2.42. The summed E-state index contributed by atoms with van der Waals surface area (Å²) in [5.41, 5.74) is 4.23. The van der Waals surface area contributed by atoms with Crippen LogP contribution in [0.3, 0.4) is 0 Å². The van der Waals surface area contributed by atoms with Crippen LogP contribution in [-0.2, 0) is 9.53 Å². The van der Waals surface area contributed by atoms with E-state index in [9.17, 15) is 23.2 Å². The van der Waals surface area contributed by atoms with Crippen LogP contribution in [0.25, 0.3) is 0 Å². The van der Waals surface area contributed by atoms with Crippen LogP contribution in [0.2, 0.25) is 0 Å². The summed E-state index contributed by atoms with van der Waals surface area (Å²) < 4.78 is 36.8. The number of pyridine rings is 1. The van der Waals surface area contributed by atoms with Gasteiger partial charge in [0, 0.05) is 25.9 Å². The van der Waals surface area contributed by atoms with Crippen molar-refractivity contribution < 1.29 is 32.4 Å². The predicted molar refractivity (Wildman–Crippen MR) is 149 cm³/mol. The lowest BCUT2D eigenvalue weighted by molar-refractivity contribution is -0.107. The van der Waals surface area contributed by atoms with E-state index in [2.05, 4.69) is 68.7 Å². The van der Waals surface area contributed by atoms with Crippen molar-refractivity contribution in [1.82, 2.24) is 25.7 Å². The zero-order chi connectivity index (χ0) is 30.4. The molecule has 3 aromatic rings. The van der Waals surface area contributed by atoms with Crippen molar-refractivity contribution in [3.05, 3.63) is 76.8 Å². The molecule has 1 atom stereocenters. The van der Waals surface area contributed by atoms with Crippen molar-refractivity contribution >= 4 is 24.0 Å². The van der Waals surface area contributed by atoms with Crippen molar-refractivity contribution in [3.63, 3.8) is 0 Å². The number of methoxy groups -OCH3 is 1. The summed E-state index contributed by atoms with van der Waals surface area (Å²) in [5, 5.41) is 10.9. The molecule has 222 valence electrons. The van der Waals surface area contributed by atoms with E-state index >= 15 is 0 Å². The van der Waals surface area contributed by atoms with Gasteiger partial charge in [-0.3, -0.25) is 4.79 Å². The van der Waals surface area contributed by atoms with E-state index in [1.165, 1.54) is 24.5 Å². The normalized spacial score (nSPS) is 14.3. The quantitative estimate of drug-likeness (QED) is 0.347. The van der Waals surface area contributed by atoms with Crippen molar-refractivity contribution in [2.24, 2.45) is 0 Å². The minimum atomic E-state index is -2.96. The number of carbonyl (C=O) groups is 3. The smallest absolute Gasteiger partial charge is 0.318 e. The molecule has 0 saturated carbocycles. The lowest BCUT2D eigenvalue weighted by Gasteiger charge is -2.38. The number of carbonyl (C=O) groups excluding carboxylic acids is 3. The molecule has 1 fully saturated rings. The SMILES string of the molecule is CNc1cc(C(COC)N2CC(F)(F)CNC2=O)ccn1.Cc1cccc(C)c1.Cc1conc1C(=O)NCC=O. The van der Waals surface area contributed by atoms with E-state index in [0.717, 1.165) is 4.90 Å². The number of hydrogen-bond acceptors (Lipinski definition) is 8. The van der Waals surface area contributed by atoms with Crippen LogP contribution in [-0.4, -0.2) is 79.6 Å². The van der Waals surface area contributed by atoms with E-state index in [4.69, 9.17) is 4.74 Å². The Kier molecular flexibility index (Phi) is 12.8. The van der Waals surface area contributed by atoms with Gasteiger partial charge in [-0.1, -0.05) is 40.5 Å². The zero-order valence-corrected chi connectivity index (χ0v) is 23.7. The fraction of sp³-hybridized carbons (Fsp3) is 0.393. The first-order chi connectivity index (χ1) is 19.5. The molecule has 1 aliphatic heterocycles. The summed E-state index contributed by atoms with van der Waals surface area (Å²) in [6, 6.07) is 10.7. The van der Waals surface area contributed by atoms with Crippen LogP contribution in [0.5, 0.6) is 0 Å². The largest absolute Gasteiger partial charge is 0.382 e. The van der Waals surface area contributed by atoms with Gasteiger partial charge in [-0.25, -0.2) is 18.6 Å². The summed E-state index contributed by atoms with van der Waals surface area (Å²) in [4.78, 5) is 38.1. The fourth-order valence-corrected chi connectivity index (χ4v) is 3.78. The van der Waals surface area contributed by atoms with Crippen LogP contribution < -0.4 is 16.0 Å². The summed E-state index contributed by atoms with van der Waals surface area (Å²) in [6.45, 7) is 4.75. The lowest BCUT2D eigenvalue weighted by Crippen LogP contribution is -2.58. The number of anilines is 1. The highest BCUT2D eigenvalue weighted by Crippen LogP contribution is 2.28. The van der Waals surface area contributed by atoms with Crippen LogP contribution in [0.4, 0.5) is 19.4 Å². The standard InChI is InChI=1S/C13H18F2N4O2.C8H10.C7H8N2O3/c1-16-11-5-9(3-4-17-11)10(6-21-2)19-8-13(14,15)7-18-12(19)20;1-7-4-3-5-8(2)6-7;1-5-4-12-9-6(5)7(11)8-2-3-10/h3-5,10H,6-8H2,1-2H3,(H,16,17)(H,18,20);3-6H,1-2H3;3-4H,2H2,1H3,(H,8,11). The first kappa shape index (κ1) is 32.8. The number of urea groups is 1. The van der Waals surface area contributed by atoms with Gasteiger partial charge in [-0.05, 0) is 38.5 Å². The highest BCUT2D eigenvalue weighted by molar-refractivity contribution is 5.94. The third kappa shape index (κ3) is 10.6. The Morgan fingerprint density at radius 3 is 2.49 bits per heavy atom. The molecule has 0 bridgehead atoms. The second-order valence-corrected chi connectivity index (χ2v) is 9.22. The van der Waals surface area contributed by atoms with Gasteiger partial charge in [0.25, 0.3) is 11.8 Å². The first-order valence-corrected chi connectivity index (χ1v) is 12.7. The Labute approximate surface area is 237 Å². The summed E-state index contributed by atoms with van der Waals surface area (Å²) in [7, 11) is 3.17. The maximum atomic E-state index is 13.6. The average molecular weight is 575 g/mol. The van der Waals surface area contributed by atoms with Gasteiger partial charge >= 0.3 is 6.03 Å². The van der Waals surface area contributed by atoms with Crippen molar-refractivity contribution in [2.75, 3.05) is 45.7 Å². The van der Waals surface area contributed by atoms with Gasteiger partial charge in [-0.15, -0.1) is 0 Å². The molecule has 3 amide bonds. The van der Waals surface area contributed by atoms with Crippen molar-refractivity contribution in [2.45, 2.75) is 32.7 Å². The Morgan fingerprint density at radius 2 is 1.95 bits per heavy atom. The summed E-state index contributed by atoms with van der Waals surface area (Å²) >= 11 is 0. The molecule has 1 saturated heterocycles. The van der Waals surface area contributed by atoms with E-state index < -0.39 is 37.0 Å². The number of benzene rings is 1. The molecule has 0 spiro atoms. The van der Waals surface area contributed by atoms with E-state index in [-0.39, 0.29) is 18.8 Å². The fourth-order valence-electron chi connectivity index (χ4n) is 3.78. The topological polar surface area (TPSA) is 139 Å². The minimum absolute atomic E-state index is 0.00880. The Balaban J connectivity index is 0.000000246. The molecule has 41 heavy (non-hydrogen) atoms. The number of ether oxygens (including phenoxy) is 1. The number of rotatable bonds is 8. The lowest BCUT2D eigenvalue weighted by atomic mass is 10.1. The monoisotopic (exact) mass is 574 g/mol. The van der Waals surface area contributed by atoms with E-state index in [0.29, 0.717) is 23.2 Å². The molecule has 3 heterocycles. The maximum Gasteiger partial charge on any atom is 0.318 e. The van der Waals surface area contributed by atoms with Crippen LogP contribution in [0.15, 0.2) is 53.4 Å². The molecule has 0 aliphatic carbocycles. The van der Waals surface area contributed by atoms with Crippen LogP contribution in [0.1, 0.15) is 38.8 Å². The zero-order valence-electron chi connectivity index (χ0n) is 23.7. The number of nitrogens with one attached hydrogen (secondary N) is 3. The van der Waals surface area contributed by atoms with Crippen LogP contribution in [0, 0.1) is 20.8 Å². The number of halogens is 2. The molecule has 4 rings (SSSR count). The minimum Gasteiger partial charge on any atom is -0.382 e. The van der Waals surface area contributed by atoms with Gasteiger partial charge in [0.15, 0.2) is 5.69 Å². The average Bonchev–Trinajstić information content (AvgIpc) is 3.38. The van der Waals surface area contributed by atoms with Gasteiger partial charge in [0.1, 0.15) is 18.4 Å². The number of nitrogens with zero attached hydrogens (tertiary/aromatic N) is 3. The Bertz CT molecular complexity index is 1270. The van der Waals surface area contributed by atoms with Gasteiger partial charge < -0.3 is 34.9 Å². The molecule has 2 aromatic heterocycles. The third-order valence-corrected chi connectivity index (χ3v) is 5.77. The number of aldehydes is 1. The first-order valence-electron chi connectivity index (χ1n) is 12.7. The summed E-state index contributed by atoms with van der Waals surface area (Å²) in [6.07, 6.45) is 3.53. The molecular formula is C28H36F2N6O5. The molecular weight excluding hydrogens is 538 g/mol. The molecule has 0 radical (unpaired) electrons. The second-order valence-electron chi connectivity index (χ2n) is 9.22. The number of alkyl halides is 2. The highest BCUT2D eigenvalue weighted by atomic mass is 19.3. The van der Waals surface area contributed by atoms with Gasteiger partial charge in [0.2, 0.25) is 0 Å². The molecule has 1 aromatic carbocycles. The molecule has 13 heteroatoms. The van der Waals surface area contributed by atoms with Crippen molar-refractivity contribution in [3.8, 4) is 0 Å². The second kappa shape index (κ2) is 16.0. The maximum absolute atomic E-state index is 13.6. The summed E-state index contributed by atoms with van der Waals surface area (Å²) in [5.74, 6) is -2.76. The van der Waals surface area contributed by atoms with Gasteiger partial charge in [-0.2, -0.15) is 0 Å². The van der Waals surface area contributed by atoms with Crippen LogP contribution >= 0.6 is 0 Å². The number of aromatic nitrogens is 2. The van der Waals surface area contributed by atoms with E-state index in [1.807, 2.05) is 0 Å². The Morgan fingerprint density at radius 1 is 1.24 bits per heavy atom. The van der Waals surface area contributed by atoms with E-state index in [1.54, 1.807) is 32.3 Å². The number of hydrogen-bond donors (Lipinski definition) is 3. The van der Waals surface area contributed by atoms with Crippen molar-refractivity contribution in [1.29, 1.82) is 0 Å². The predicted octanol–water partition coefficient (Wildman–Crippen LogP) is 3.69. The molecule has 1 aliphatic rings. The number of amides is 3. The third-order valence-electron chi connectivity index (χ3n) is 5.77.